The van der Waals surface area contributed by atoms with Crippen LogP contribution in [-0.4, -0.2) is 19.5 Å². The second-order valence-electron chi connectivity index (χ2n) is 3.47. The second kappa shape index (κ2) is 7.79. The first-order valence-corrected chi connectivity index (χ1v) is 5.50. The molecule has 0 unspecified atom stereocenters. The molecule has 3 heteroatoms. The summed E-state index contributed by atoms with van der Waals surface area (Å²) in [6, 6.07) is 16.9. The fraction of sp³-hybridized carbons (Fsp3) is 0.0667. The van der Waals surface area contributed by atoms with E-state index in [0.717, 1.165) is 16.9 Å². The molecule has 0 radical (unpaired) electrons. The van der Waals surface area contributed by atoms with Gasteiger partial charge >= 0.3 is 0 Å². The molecule has 0 atom stereocenters. The van der Waals surface area contributed by atoms with Gasteiger partial charge in [-0.2, -0.15) is 0 Å². The molecule has 0 aliphatic carbocycles. The van der Waals surface area contributed by atoms with Crippen molar-refractivity contribution in [3.63, 3.8) is 0 Å². The van der Waals surface area contributed by atoms with Crippen molar-refractivity contribution in [2.45, 2.75) is 0 Å². The molecule has 2 aromatic carbocycles. The van der Waals surface area contributed by atoms with Gasteiger partial charge in [0, 0.05) is 12.4 Å². The molecule has 0 aliphatic rings. The van der Waals surface area contributed by atoms with Crippen LogP contribution in [0.5, 0.6) is 5.75 Å². The molecule has 0 aliphatic heterocycles. The number of hydrogen-bond donors (Lipinski definition) is 2. The van der Waals surface area contributed by atoms with Crippen LogP contribution in [0.4, 0.5) is 0 Å². The summed E-state index contributed by atoms with van der Waals surface area (Å²) in [4.78, 5) is 0. The van der Waals surface area contributed by atoms with Gasteiger partial charge in [0.1, 0.15) is 5.75 Å². The number of ether oxygens (including phenoxy) is 1. The minimum Gasteiger partial charge on any atom is -0.497 e. The standard InChI is InChI=1S/C8H9NO.C7H7N/c1-10-8-4-2-7(6-9)3-5-8;8-6-7-4-2-1-3-5-7/h2-6,9H,1H3;1-6,8H. The average molecular weight is 240 g/mol. The minimum absolute atomic E-state index is 0.825. The Labute approximate surface area is 107 Å². The highest BCUT2D eigenvalue weighted by Crippen LogP contribution is 2.09. The molecular formula is C15H16N2O. The first-order chi connectivity index (χ1) is 8.80. The van der Waals surface area contributed by atoms with E-state index in [4.69, 9.17) is 15.6 Å². The number of rotatable bonds is 3. The van der Waals surface area contributed by atoms with Crippen molar-refractivity contribution >= 4 is 12.4 Å². The maximum Gasteiger partial charge on any atom is 0.118 e. The van der Waals surface area contributed by atoms with Crippen LogP contribution in [0, 0.1) is 10.8 Å². The van der Waals surface area contributed by atoms with E-state index in [1.54, 1.807) is 7.11 Å². The first kappa shape index (κ1) is 13.6. The van der Waals surface area contributed by atoms with E-state index in [0.29, 0.717) is 0 Å². The molecular weight excluding hydrogens is 224 g/mol. The van der Waals surface area contributed by atoms with E-state index in [1.807, 2.05) is 54.6 Å². The molecule has 0 heterocycles. The summed E-state index contributed by atoms with van der Waals surface area (Å²) in [6.07, 6.45) is 2.64. The van der Waals surface area contributed by atoms with Crippen LogP contribution in [-0.2, 0) is 0 Å². The number of nitrogens with one attached hydrogen (secondary N) is 2. The van der Waals surface area contributed by atoms with Gasteiger partial charge in [-0.05, 0) is 35.4 Å². The zero-order chi connectivity index (χ0) is 13.2. The molecule has 0 fully saturated rings. The molecule has 2 aromatic rings. The monoisotopic (exact) mass is 240 g/mol. The van der Waals surface area contributed by atoms with E-state index in [1.165, 1.54) is 12.4 Å². The normalized spacial score (nSPS) is 8.72. The third-order valence-corrected chi connectivity index (χ3v) is 2.25. The van der Waals surface area contributed by atoms with Crippen molar-refractivity contribution in [2.24, 2.45) is 0 Å². The van der Waals surface area contributed by atoms with Crippen molar-refractivity contribution in [3.05, 3.63) is 65.7 Å². The van der Waals surface area contributed by atoms with E-state index >= 15 is 0 Å². The van der Waals surface area contributed by atoms with E-state index in [-0.39, 0.29) is 0 Å². The van der Waals surface area contributed by atoms with Crippen LogP contribution >= 0.6 is 0 Å². The van der Waals surface area contributed by atoms with Gasteiger partial charge in [0.2, 0.25) is 0 Å². The maximum atomic E-state index is 6.91. The van der Waals surface area contributed by atoms with Gasteiger partial charge < -0.3 is 15.6 Å². The highest BCUT2D eigenvalue weighted by Gasteiger charge is 1.88. The molecule has 92 valence electrons. The summed E-state index contributed by atoms with van der Waals surface area (Å²) in [6.45, 7) is 0. The Kier molecular flexibility index (Phi) is 5.90. The van der Waals surface area contributed by atoms with Crippen molar-refractivity contribution in [3.8, 4) is 5.75 Å². The molecule has 3 nitrogen and oxygen atoms in total. The zero-order valence-electron chi connectivity index (χ0n) is 10.3. The van der Waals surface area contributed by atoms with Gasteiger partial charge in [-0.25, -0.2) is 0 Å². The Morgan fingerprint density at radius 1 is 0.778 bits per heavy atom. The minimum atomic E-state index is 0.825. The number of benzene rings is 2. The SMILES string of the molecule is COc1ccc(C=N)cc1.N=Cc1ccccc1. The number of hydrogen-bond acceptors (Lipinski definition) is 3. The summed E-state index contributed by atoms with van der Waals surface area (Å²) in [7, 11) is 1.62. The Morgan fingerprint density at radius 3 is 1.67 bits per heavy atom. The van der Waals surface area contributed by atoms with Gasteiger partial charge in [-0.15, -0.1) is 0 Å². The first-order valence-electron chi connectivity index (χ1n) is 5.50. The Bertz CT molecular complexity index is 478. The summed E-state index contributed by atoms with van der Waals surface area (Å²) in [5.41, 5.74) is 1.84. The van der Waals surface area contributed by atoms with Gasteiger partial charge in [0.05, 0.1) is 7.11 Å². The Balaban J connectivity index is 0.000000184. The topological polar surface area (TPSA) is 56.9 Å². The van der Waals surface area contributed by atoms with Crippen molar-refractivity contribution in [2.75, 3.05) is 7.11 Å². The highest BCUT2D eigenvalue weighted by molar-refractivity contribution is 5.77. The fourth-order valence-corrected chi connectivity index (χ4v) is 1.25. The van der Waals surface area contributed by atoms with Gasteiger partial charge in [-0.3, -0.25) is 0 Å². The van der Waals surface area contributed by atoms with Crippen LogP contribution in [0.25, 0.3) is 0 Å². The molecule has 0 spiro atoms. The third kappa shape index (κ3) is 4.61. The van der Waals surface area contributed by atoms with Crippen molar-refractivity contribution in [1.29, 1.82) is 10.8 Å². The zero-order valence-corrected chi connectivity index (χ0v) is 10.3. The second-order valence-corrected chi connectivity index (χ2v) is 3.47. The lowest BCUT2D eigenvalue weighted by Gasteiger charge is -1.97. The van der Waals surface area contributed by atoms with Crippen LogP contribution in [0.15, 0.2) is 54.6 Å². The summed E-state index contributed by atoms with van der Waals surface area (Å²) in [5, 5.41) is 13.7. The van der Waals surface area contributed by atoms with E-state index < -0.39 is 0 Å². The van der Waals surface area contributed by atoms with Crippen molar-refractivity contribution in [1.82, 2.24) is 0 Å². The molecule has 0 bridgehead atoms. The van der Waals surface area contributed by atoms with Crippen LogP contribution < -0.4 is 4.74 Å². The predicted molar refractivity (Wildman–Crippen MR) is 75.2 cm³/mol. The van der Waals surface area contributed by atoms with Gasteiger partial charge in [0.15, 0.2) is 0 Å². The maximum absolute atomic E-state index is 6.91. The molecule has 2 N–H and O–H groups in total. The quantitative estimate of drug-likeness (QED) is 0.794. The third-order valence-electron chi connectivity index (χ3n) is 2.25. The lowest BCUT2D eigenvalue weighted by Crippen LogP contribution is -1.82. The Hall–Kier alpha value is -2.42. The van der Waals surface area contributed by atoms with E-state index in [9.17, 15) is 0 Å². The molecule has 2 rings (SSSR count). The van der Waals surface area contributed by atoms with Gasteiger partial charge in [-0.1, -0.05) is 30.3 Å². The largest absolute Gasteiger partial charge is 0.497 e. The average Bonchev–Trinajstić information content (AvgIpc) is 2.49. The summed E-state index contributed by atoms with van der Waals surface area (Å²) < 4.78 is 4.94. The molecule has 0 amide bonds. The van der Waals surface area contributed by atoms with Crippen molar-refractivity contribution < 1.29 is 4.74 Å². The highest BCUT2D eigenvalue weighted by atomic mass is 16.5. The molecule has 0 saturated carbocycles. The molecule has 18 heavy (non-hydrogen) atoms. The summed E-state index contributed by atoms with van der Waals surface area (Å²) >= 11 is 0. The number of methoxy groups -OCH3 is 1. The van der Waals surface area contributed by atoms with Crippen LogP contribution in [0.1, 0.15) is 11.1 Å². The van der Waals surface area contributed by atoms with Crippen LogP contribution in [0.3, 0.4) is 0 Å². The molecule has 0 aromatic heterocycles. The Morgan fingerprint density at radius 2 is 1.28 bits per heavy atom. The summed E-state index contributed by atoms with van der Waals surface area (Å²) in [5.74, 6) is 0.825. The van der Waals surface area contributed by atoms with Crippen LogP contribution in [0.2, 0.25) is 0 Å². The molecule has 0 saturated heterocycles. The van der Waals surface area contributed by atoms with Gasteiger partial charge in [0.25, 0.3) is 0 Å². The predicted octanol–water partition coefficient (Wildman–Crippen LogP) is 3.38. The fourth-order valence-electron chi connectivity index (χ4n) is 1.25. The lowest BCUT2D eigenvalue weighted by molar-refractivity contribution is 0.415. The smallest absolute Gasteiger partial charge is 0.118 e. The van der Waals surface area contributed by atoms with E-state index in [2.05, 4.69) is 0 Å². The lowest BCUT2D eigenvalue weighted by atomic mass is 10.2.